The lowest BCUT2D eigenvalue weighted by molar-refractivity contribution is -0.385. The van der Waals surface area contributed by atoms with E-state index in [9.17, 15) is 14.9 Å². The lowest BCUT2D eigenvalue weighted by atomic mass is 10.1. The zero-order chi connectivity index (χ0) is 21.0. The molecule has 0 spiro atoms. The predicted molar refractivity (Wildman–Crippen MR) is 115 cm³/mol. The van der Waals surface area contributed by atoms with Gasteiger partial charge in [0.05, 0.1) is 20.8 Å². The smallest absolute Gasteiger partial charge is 0.272 e. The molecule has 148 valence electrons. The summed E-state index contributed by atoms with van der Waals surface area (Å²) in [6.07, 6.45) is 2.47. The van der Waals surface area contributed by atoms with Gasteiger partial charge in [0.15, 0.2) is 0 Å². The van der Waals surface area contributed by atoms with Crippen LogP contribution in [0.5, 0.6) is 0 Å². The van der Waals surface area contributed by atoms with E-state index in [4.69, 9.17) is 5.73 Å². The first-order chi connectivity index (χ1) is 13.9. The largest absolute Gasteiger partial charge is 0.365 e. The molecule has 0 bridgehead atoms. The number of carbonyl (C=O) groups is 1. The van der Waals surface area contributed by atoms with E-state index in [-0.39, 0.29) is 16.5 Å². The number of primary amides is 1. The summed E-state index contributed by atoms with van der Waals surface area (Å²) < 4.78 is 1.97. The number of thiophene rings is 1. The number of nitrogens with two attached hydrogens (primary N) is 1. The Morgan fingerprint density at radius 1 is 1.21 bits per heavy atom. The van der Waals surface area contributed by atoms with Crippen molar-refractivity contribution in [3.05, 3.63) is 87.0 Å². The summed E-state index contributed by atoms with van der Waals surface area (Å²) in [6, 6.07) is 16.6. The molecule has 0 fully saturated rings. The van der Waals surface area contributed by atoms with E-state index >= 15 is 0 Å². The Bertz CT molecular complexity index is 1180. The SMILES string of the molecule is CCc1ccccc1[N+](=O)[O-].Cc1cc(-n2cnc3ccccc32)sc1C(N)=O. The molecule has 8 heteroatoms. The Balaban J connectivity index is 0.000000188. The minimum atomic E-state index is -0.381. The third-order valence-electron chi connectivity index (χ3n) is 4.39. The number of nitro groups is 1. The summed E-state index contributed by atoms with van der Waals surface area (Å²) in [6.45, 7) is 3.79. The van der Waals surface area contributed by atoms with E-state index in [1.54, 1.807) is 18.5 Å². The van der Waals surface area contributed by atoms with E-state index in [2.05, 4.69) is 4.98 Å². The zero-order valence-electron chi connectivity index (χ0n) is 16.0. The number of para-hydroxylation sites is 3. The van der Waals surface area contributed by atoms with Gasteiger partial charge in [-0.2, -0.15) is 0 Å². The summed E-state index contributed by atoms with van der Waals surface area (Å²) in [7, 11) is 0. The van der Waals surface area contributed by atoms with Crippen LogP contribution in [0.2, 0.25) is 0 Å². The molecular formula is C21H20N4O3S. The maximum Gasteiger partial charge on any atom is 0.272 e. The van der Waals surface area contributed by atoms with Crippen LogP contribution in [0.1, 0.15) is 27.7 Å². The summed E-state index contributed by atoms with van der Waals surface area (Å²) in [5.74, 6) is -0.381. The molecule has 0 saturated heterocycles. The zero-order valence-corrected chi connectivity index (χ0v) is 16.8. The molecular weight excluding hydrogens is 388 g/mol. The van der Waals surface area contributed by atoms with Gasteiger partial charge in [0, 0.05) is 11.6 Å². The van der Waals surface area contributed by atoms with Crippen LogP contribution in [-0.2, 0) is 6.42 Å². The molecule has 0 saturated carbocycles. The monoisotopic (exact) mass is 408 g/mol. The second kappa shape index (κ2) is 8.66. The Labute approximate surface area is 171 Å². The Morgan fingerprint density at radius 3 is 2.52 bits per heavy atom. The Hall–Kier alpha value is -3.52. The maximum atomic E-state index is 11.3. The lowest BCUT2D eigenvalue weighted by Crippen LogP contribution is -2.09. The van der Waals surface area contributed by atoms with Crippen molar-refractivity contribution in [1.29, 1.82) is 0 Å². The van der Waals surface area contributed by atoms with Crippen molar-refractivity contribution in [2.24, 2.45) is 5.73 Å². The van der Waals surface area contributed by atoms with Crippen molar-refractivity contribution in [3.8, 4) is 5.00 Å². The Kier molecular flexibility index (Phi) is 6.04. The average Bonchev–Trinajstić information content (AvgIpc) is 3.31. The molecule has 1 amide bonds. The van der Waals surface area contributed by atoms with Gasteiger partial charge in [-0.3, -0.25) is 19.5 Å². The van der Waals surface area contributed by atoms with Crippen LogP contribution in [0, 0.1) is 17.0 Å². The summed E-state index contributed by atoms with van der Waals surface area (Å²) in [5.41, 5.74) is 9.21. The number of rotatable bonds is 4. The van der Waals surface area contributed by atoms with E-state index in [0.717, 1.165) is 27.2 Å². The van der Waals surface area contributed by atoms with Gasteiger partial charge in [0.2, 0.25) is 0 Å². The third-order valence-corrected chi connectivity index (χ3v) is 5.64. The van der Waals surface area contributed by atoms with Crippen LogP contribution >= 0.6 is 11.3 Å². The van der Waals surface area contributed by atoms with E-state index < -0.39 is 0 Å². The van der Waals surface area contributed by atoms with Crippen LogP contribution in [-0.4, -0.2) is 20.4 Å². The van der Waals surface area contributed by atoms with Crippen molar-refractivity contribution in [2.75, 3.05) is 0 Å². The number of benzene rings is 2. The summed E-state index contributed by atoms with van der Waals surface area (Å²) in [4.78, 5) is 26.2. The van der Waals surface area contributed by atoms with Crippen LogP contribution < -0.4 is 5.73 Å². The molecule has 0 atom stereocenters. The highest BCUT2D eigenvalue weighted by atomic mass is 32.1. The standard InChI is InChI=1S/C13H11N3OS.C8H9NO2/c1-8-6-11(18-12(8)13(14)17)16-7-15-9-4-2-3-5-10(9)16;1-2-7-5-3-4-6-8(7)9(10)11/h2-7H,1H3,(H2,14,17);3-6H,2H2,1H3. The molecule has 2 N–H and O–H groups in total. The first-order valence-electron chi connectivity index (χ1n) is 8.97. The first-order valence-corrected chi connectivity index (χ1v) is 9.79. The number of carbonyl (C=O) groups excluding carboxylic acids is 1. The average molecular weight is 408 g/mol. The summed E-state index contributed by atoms with van der Waals surface area (Å²) in [5, 5.41) is 11.3. The van der Waals surface area contributed by atoms with Gasteiger partial charge < -0.3 is 5.73 Å². The predicted octanol–water partition coefficient (Wildman–Crippen LogP) is 4.65. The van der Waals surface area contributed by atoms with Crippen molar-refractivity contribution in [3.63, 3.8) is 0 Å². The highest BCUT2D eigenvalue weighted by molar-refractivity contribution is 7.16. The second-order valence-electron chi connectivity index (χ2n) is 6.30. The van der Waals surface area contributed by atoms with Gasteiger partial charge in [-0.15, -0.1) is 11.3 Å². The molecule has 7 nitrogen and oxygen atoms in total. The molecule has 4 rings (SSSR count). The van der Waals surface area contributed by atoms with Crippen molar-refractivity contribution in [2.45, 2.75) is 20.3 Å². The highest BCUT2D eigenvalue weighted by Crippen LogP contribution is 2.27. The number of hydrogen-bond acceptors (Lipinski definition) is 5. The maximum absolute atomic E-state index is 11.3. The molecule has 0 unspecified atom stereocenters. The van der Waals surface area contributed by atoms with Gasteiger partial charge in [-0.1, -0.05) is 37.3 Å². The number of imidazole rings is 1. The molecule has 2 aromatic carbocycles. The number of hydrogen-bond donors (Lipinski definition) is 1. The molecule has 0 aliphatic heterocycles. The minimum absolute atomic E-state index is 0.218. The van der Waals surface area contributed by atoms with Gasteiger partial charge in [-0.05, 0) is 37.1 Å². The molecule has 29 heavy (non-hydrogen) atoms. The normalized spacial score (nSPS) is 10.4. The lowest BCUT2D eigenvalue weighted by Gasteiger charge is -1.98. The molecule has 2 aromatic heterocycles. The van der Waals surface area contributed by atoms with Gasteiger partial charge in [0.25, 0.3) is 11.6 Å². The molecule has 0 radical (unpaired) electrons. The van der Waals surface area contributed by atoms with Crippen molar-refractivity contribution < 1.29 is 9.72 Å². The number of aromatic nitrogens is 2. The molecule has 0 aliphatic rings. The second-order valence-corrected chi connectivity index (χ2v) is 7.33. The fourth-order valence-corrected chi connectivity index (χ4v) is 3.96. The van der Waals surface area contributed by atoms with Gasteiger partial charge in [0.1, 0.15) is 11.3 Å². The van der Waals surface area contributed by atoms with Crippen molar-refractivity contribution in [1.82, 2.24) is 9.55 Å². The minimum Gasteiger partial charge on any atom is -0.365 e. The van der Waals surface area contributed by atoms with E-state index in [1.807, 2.05) is 54.8 Å². The molecule has 0 aliphatic carbocycles. The number of aryl methyl sites for hydroxylation is 2. The molecule has 2 heterocycles. The quantitative estimate of drug-likeness (QED) is 0.392. The van der Waals surface area contributed by atoms with Crippen LogP contribution in [0.4, 0.5) is 5.69 Å². The number of amides is 1. The Morgan fingerprint density at radius 2 is 1.90 bits per heavy atom. The van der Waals surface area contributed by atoms with Crippen LogP contribution in [0.15, 0.2) is 60.9 Å². The van der Waals surface area contributed by atoms with Crippen LogP contribution in [0.3, 0.4) is 0 Å². The fourth-order valence-electron chi connectivity index (χ4n) is 2.95. The highest BCUT2D eigenvalue weighted by Gasteiger charge is 2.13. The fraction of sp³-hybridized carbons (Fsp3) is 0.143. The van der Waals surface area contributed by atoms with Crippen molar-refractivity contribution >= 4 is 34.0 Å². The van der Waals surface area contributed by atoms with Crippen LogP contribution in [0.25, 0.3) is 16.0 Å². The molecule has 4 aromatic rings. The number of nitrogens with zero attached hydrogens (tertiary/aromatic N) is 3. The summed E-state index contributed by atoms with van der Waals surface area (Å²) >= 11 is 1.39. The van der Waals surface area contributed by atoms with Gasteiger partial charge in [-0.25, -0.2) is 4.98 Å². The number of fused-ring (bicyclic) bond motifs is 1. The van der Waals surface area contributed by atoms with E-state index in [0.29, 0.717) is 11.3 Å². The van der Waals surface area contributed by atoms with Gasteiger partial charge >= 0.3 is 0 Å². The topological polar surface area (TPSA) is 104 Å². The number of nitro benzene ring substituents is 1. The first kappa shape index (κ1) is 20.2. The third kappa shape index (κ3) is 4.33. The van der Waals surface area contributed by atoms with E-state index in [1.165, 1.54) is 17.4 Å².